The van der Waals surface area contributed by atoms with Gasteiger partial charge in [0.2, 0.25) is 143 Å². The van der Waals surface area contributed by atoms with Crippen LogP contribution in [0.5, 0.6) is 0 Å². The summed E-state index contributed by atoms with van der Waals surface area (Å²) in [6.07, 6.45) is 30.5. The summed E-state index contributed by atoms with van der Waals surface area (Å²) in [7, 11) is 24.1. The van der Waals surface area contributed by atoms with Crippen molar-refractivity contribution in [2.45, 2.75) is 51.4 Å². The molecule has 16 rings (SSSR count). The first-order valence-corrected chi connectivity index (χ1v) is 44.5. The number of furan rings is 7. The van der Waals surface area contributed by atoms with E-state index in [9.17, 15) is 0 Å². The number of nitrogen functional groups attached to an aromatic ring is 9. The quantitative estimate of drug-likeness (QED) is 0.0207. The van der Waals surface area contributed by atoms with Crippen LogP contribution in [-0.2, 0) is 51.4 Å². The number of anilines is 24. The fourth-order valence-electron chi connectivity index (χ4n) is 11.3. The maximum absolute atomic E-state index is 5.70. The number of nitrogens with one attached hydrogen (secondary N) is 9. The molecule has 16 aromatic heterocycles. The van der Waals surface area contributed by atoms with E-state index in [-0.39, 0.29) is 53.5 Å². The van der Waals surface area contributed by atoms with Crippen molar-refractivity contribution >= 4 is 154 Å². The van der Waals surface area contributed by atoms with E-state index in [1.54, 1.807) is 132 Å². The summed E-state index contributed by atoms with van der Waals surface area (Å²) >= 11 is 1.68. The zero-order valence-electron chi connectivity index (χ0n) is 80.5. The molecule has 0 amide bonds. The summed E-state index contributed by atoms with van der Waals surface area (Å²) in [5.74, 6) is 9.13. The molecule has 0 saturated carbocycles. The van der Waals surface area contributed by atoms with E-state index in [1.807, 2.05) is 136 Å². The van der Waals surface area contributed by atoms with Gasteiger partial charge in [-0.2, -0.15) is 131 Å². The van der Waals surface area contributed by atoms with E-state index in [2.05, 4.69) is 179 Å². The Bertz CT molecular complexity index is 5930. The monoisotopic (exact) mass is 1960 g/mol. The third-order valence-electron chi connectivity index (χ3n) is 18.6. The van der Waals surface area contributed by atoms with Gasteiger partial charge in [0, 0.05) is 144 Å². The highest BCUT2D eigenvalue weighted by atomic mass is 32.1. The van der Waals surface area contributed by atoms with Crippen LogP contribution in [-0.4, -0.2) is 264 Å². The van der Waals surface area contributed by atoms with Gasteiger partial charge in [-0.05, 0) is 155 Å². The maximum atomic E-state index is 5.70. The average Bonchev–Trinajstić information content (AvgIpc) is 1.85. The molecule has 750 valence electrons. The van der Waals surface area contributed by atoms with Crippen LogP contribution in [0.25, 0.3) is 0 Å². The highest BCUT2D eigenvalue weighted by Gasteiger charge is 2.17. The minimum atomic E-state index is 0.110. The molecule has 0 spiro atoms. The summed E-state index contributed by atoms with van der Waals surface area (Å²) in [6.45, 7) is 5.86. The summed E-state index contributed by atoms with van der Waals surface area (Å²) in [5, 5.41) is 31.1. The number of hydrogen-bond acceptors (Lipinski definition) is 56. The van der Waals surface area contributed by atoms with Gasteiger partial charge < -0.3 is 160 Å². The third kappa shape index (κ3) is 39.4. The smallest absolute Gasteiger partial charge is 0.231 e. The molecule has 16 heterocycles. The molecule has 0 saturated heterocycles. The largest absolute Gasteiger partial charge is 0.472 e. The van der Waals surface area contributed by atoms with Gasteiger partial charge in [0.25, 0.3) is 0 Å². The zero-order valence-corrected chi connectivity index (χ0v) is 81.4. The molecular weight excluding hydrogens is 1840 g/mol. The zero-order chi connectivity index (χ0) is 101. The van der Waals surface area contributed by atoms with Gasteiger partial charge in [-0.25, -0.2) is 0 Å². The second kappa shape index (κ2) is 57.0. The van der Waals surface area contributed by atoms with Crippen molar-refractivity contribution < 1.29 is 30.9 Å². The topological polar surface area (TPSA) is 763 Å². The van der Waals surface area contributed by atoms with Crippen LogP contribution in [0, 0.1) is 0 Å². The fourth-order valence-corrected chi connectivity index (χ4v) is 12.0. The molecular formula is C85H122N48O7S. The van der Waals surface area contributed by atoms with Gasteiger partial charge in [-0.1, -0.05) is 0 Å². The predicted molar refractivity (Wildman–Crippen MR) is 547 cm³/mol. The molecule has 55 nitrogen and oxygen atoms in total. The van der Waals surface area contributed by atoms with Crippen LogP contribution in [0.2, 0.25) is 0 Å². The molecule has 0 fully saturated rings. The molecule has 0 aromatic carbocycles. The van der Waals surface area contributed by atoms with Gasteiger partial charge in [0.05, 0.1) is 87.7 Å². The van der Waals surface area contributed by atoms with Crippen LogP contribution >= 0.6 is 11.3 Å². The second-order valence-corrected chi connectivity index (χ2v) is 31.0. The van der Waals surface area contributed by atoms with Crippen molar-refractivity contribution in [2.75, 3.05) is 273 Å². The maximum Gasteiger partial charge on any atom is 0.231 e. The third-order valence-corrected chi connectivity index (χ3v) is 19.4. The molecule has 0 radical (unpaired) electrons. The van der Waals surface area contributed by atoms with Crippen molar-refractivity contribution in [2.24, 2.45) is 0 Å². The molecule has 0 aliphatic carbocycles. The Labute approximate surface area is 816 Å². The molecule has 27 N–H and O–H groups in total. The predicted octanol–water partition coefficient (Wildman–Crippen LogP) is 6.10. The lowest BCUT2D eigenvalue weighted by Crippen LogP contribution is -2.25. The molecule has 56 heteroatoms. The van der Waals surface area contributed by atoms with E-state index in [0.717, 1.165) is 130 Å². The van der Waals surface area contributed by atoms with Crippen molar-refractivity contribution in [3.63, 3.8) is 0 Å². The number of aromatic nitrogens is 24. The molecule has 16 aromatic rings. The molecule has 0 bridgehead atoms. The van der Waals surface area contributed by atoms with Gasteiger partial charge in [-0.15, -0.1) is 0 Å². The summed E-state index contributed by atoms with van der Waals surface area (Å²) < 4.78 is 35.0. The van der Waals surface area contributed by atoms with E-state index >= 15 is 0 Å². The molecule has 0 unspecified atom stereocenters. The van der Waals surface area contributed by atoms with E-state index in [4.69, 9.17) is 82.5 Å². The number of rotatable bonds is 39. The van der Waals surface area contributed by atoms with Crippen LogP contribution in [0.3, 0.4) is 0 Å². The van der Waals surface area contributed by atoms with Crippen LogP contribution < -0.4 is 129 Å². The first-order valence-electron chi connectivity index (χ1n) is 43.5. The van der Waals surface area contributed by atoms with Crippen molar-refractivity contribution in [1.29, 1.82) is 0 Å². The Balaban J connectivity index is 0.000000180. The minimum absolute atomic E-state index is 0.110. The normalized spacial score (nSPS) is 10.3. The van der Waals surface area contributed by atoms with E-state index in [0.29, 0.717) is 102 Å². The number of nitrogens with zero attached hydrogens (tertiary/aromatic N) is 30. The highest BCUT2D eigenvalue weighted by molar-refractivity contribution is 7.08. The summed E-state index contributed by atoms with van der Waals surface area (Å²) in [4.78, 5) is 109. The van der Waals surface area contributed by atoms with Crippen molar-refractivity contribution in [3.05, 3.63) is 191 Å². The Morgan fingerprint density at radius 3 is 0.730 bits per heavy atom. The summed E-state index contributed by atoms with van der Waals surface area (Å²) in [5.41, 5.74) is 58.8. The Morgan fingerprint density at radius 1 is 0.227 bits per heavy atom. The standard InChI is InChI=1S/C13H20N6O.C12H18N6O.2C11H16N6O.2C10H14N6O.C9H12N6O.C9H12N6S/c1-18(2)12-15-11(16-13(17-12)19(3)4)14-7-5-10-6-8-20-9-10;1-17(2)11-14-10(13)15-12(16-11)18(3)6-4-9-5-7-19-8-9;1-13-10-14-9(12)15-11(16-10)17(2)5-3-8-4-6-18-7-8;1-12-9-15-10(13-2)17-11(16-9)14-5-3-8-4-6-18-7-8;1-16(4-2-7-3-5-17-6-7)10-14-8(11)13-9(12)15-10;1-12-9-14-8(11)15-10(16-9)13-4-2-7-3-5-17-6-7;2*10-7-13-8(11)15-9(14-7)12-3-1-6-2-4-16-5-6/h6,8-9H,5,7H2,1-4H3,(H,14,15,16,17);5,7-8H,4,6H2,1-3H3,(H2,13,14,15,16);4,6-7H,3,5H2,1-2H3,(H3,12,13,14,15,16);4,6-7H,3,5H2,1-2H3,(H3,12,13,14,15,16,17);3,5-6H,2,4H2,1H3,(H4,11,12,13,14,15);3,5-6H,2,4H2,1H3,(H4,11,12,13,14,15,16);2*2,4-5H,1,3H2,(H5,10,11,12,13,14,15). The molecule has 0 atom stereocenters. The van der Waals surface area contributed by atoms with E-state index in [1.165, 1.54) is 5.56 Å². The van der Waals surface area contributed by atoms with Gasteiger partial charge in [-0.3, -0.25) is 0 Å². The van der Waals surface area contributed by atoms with E-state index < -0.39 is 0 Å². The van der Waals surface area contributed by atoms with Crippen LogP contribution in [0.1, 0.15) is 44.5 Å². The fraction of sp³-hybridized carbons (Fsp3) is 0.341. The van der Waals surface area contributed by atoms with Crippen molar-refractivity contribution in [3.8, 4) is 0 Å². The lowest BCUT2D eigenvalue weighted by atomic mass is 10.2. The second-order valence-electron chi connectivity index (χ2n) is 30.3. The lowest BCUT2D eigenvalue weighted by molar-refractivity contribution is 0.563. The number of likely N-dealkylation sites (N-methyl/N-ethyl adjacent to an activating group) is 3. The first-order chi connectivity index (χ1) is 68.0. The van der Waals surface area contributed by atoms with Gasteiger partial charge >= 0.3 is 0 Å². The average molecular weight is 1960 g/mol. The number of hydrogen-bond donors (Lipinski definition) is 18. The Kier molecular flexibility index (Phi) is 43.1. The molecule has 0 aliphatic rings. The Morgan fingerprint density at radius 2 is 0.433 bits per heavy atom. The molecule has 0 aliphatic heterocycles. The first kappa shape index (κ1) is 107. The minimum Gasteiger partial charge on any atom is -0.472 e. The van der Waals surface area contributed by atoms with Crippen LogP contribution in [0.4, 0.5) is 143 Å². The Hall–Kier alpha value is -18.1. The SMILES string of the molecule is CN(C)c1nc(N)nc(N(C)CCc2ccoc2)n1.CN(C)c1nc(NCCc2ccoc2)nc(N(C)C)n1.CN(CCc1ccoc1)c1nc(N)nc(N)n1.CNc1nc(N)nc(N(C)CCc2ccoc2)n1.CNc1nc(N)nc(NCCc2ccoc2)n1.CNc1nc(NC)nc(NCCc2ccoc2)n1.Nc1nc(N)nc(NCCc2ccoc2)n1.Nc1nc(N)nc(NCCc2ccsc2)n1. The lowest BCUT2D eigenvalue weighted by Gasteiger charge is -2.18. The number of thiophene rings is 1. The molecule has 141 heavy (non-hydrogen) atoms. The van der Waals surface area contributed by atoms with Gasteiger partial charge in [0.1, 0.15) is 0 Å². The van der Waals surface area contributed by atoms with Gasteiger partial charge in [0.15, 0.2) is 0 Å². The van der Waals surface area contributed by atoms with Crippen LogP contribution in [0.15, 0.2) is 178 Å². The highest BCUT2D eigenvalue weighted by Crippen LogP contribution is 2.20. The summed E-state index contributed by atoms with van der Waals surface area (Å²) in [6, 6.07) is 15.6. The number of nitrogens with two attached hydrogens (primary N) is 9. The van der Waals surface area contributed by atoms with Crippen molar-refractivity contribution in [1.82, 2.24) is 120 Å².